The lowest BCUT2D eigenvalue weighted by atomic mass is 10.3. The summed E-state index contributed by atoms with van der Waals surface area (Å²) in [6.45, 7) is 1.96. The third-order valence-corrected chi connectivity index (χ3v) is 2.92. The van der Waals surface area contributed by atoms with Crippen LogP contribution in [0.15, 0.2) is 30.5 Å². The van der Waals surface area contributed by atoms with Gasteiger partial charge in [-0.2, -0.15) is 0 Å². The van der Waals surface area contributed by atoms with Gasteiger partial charge in [0.05, 0.1) is 17.3 Å². The summed E-state index contributed by atoms with van der Waals surface area (Å²) in [7, 11) is 1.67. The molecule has 2 aromatic rings. The smallest absolute Gasteiger partial charge is 0.187 e. The van der Waals surface area contributed by atoms with Crippen molar-refractivity contribution < 1.29 is 4.74 Å². The van der Waals surface area contributed by atoms with Crippen LogP contribution in [0.1, 0.15) is 6.92 Å². The van der Waals surface area contributed by atoms with Gasteiger partial charge in [-0.1, -0.05) is 17.4 Å². The molecule has 0 saturated heterocycles. The van der Waals surface area contributed by atoms with E-state index in [-0.39, 0.29) is 0 Å². The molecule has 0 spiro atoms. The number of hydrogen-bond donors (Lipinski definition) is 1. The van der Waals surface area contributed by atoms with E-state index in [0.29, 0.717) is 0 Å². The molecule has 0 atom stereocenters. The first kappa shape index (κ1) is 9.98. The fraction of sp³-hybridized carbons (Fsp3) is 0.182. The number of methoxy groups -OCH3 is 1. The Kier molecular flexibility index (Phi) is 2.87. The van der Waals surface area contributed by atoms with Crippen LogP contribution in [-0.4, -0.2) is 12.1 Å². The lowest BCUT2D eigenvalue weighted by Crippen LogP contribution is -1.83. The molecule has 0 aliphatic carbocycles. The summed E-state index contributed by atoms with van der Waals surface area (Å²) in [6.07, 6.45) is 3.81. The van der Waals surface area contributed by atoms with Crippen LogP contribution in [0.3, 0.4) is 0 Å². The highest BCUT2D eigenvalue weighted by Gasteiger charge is 2.03. The number of hydrogen-bond acceptors (Lipinski definition) is 4. The molecule has 0 aliphatic rings. The lowest BCUT2D eigenvalue weighted by molar-refractivity contribution is 0.415. The molecular formula is C11H12N2OS. The van der Waals surface area contributed by atoms with Crippen molar-refractivity contribution in [1.29, 1.82) is 0 Å². The average Bonchev–Trinajstić information content (AvgIpc) is 2.67. The van der Waals surface area contributed by atoms with Gasteiger partial charge in [0.1, 0.15) is 5.75 Å². The molecule has 0 unspecified atom stereocenters. The van der Waals surface area contributed by atoms with E-state index in [4.69, 9.17) is 4.74 Å². The molecule has 0 saturated carbocycles. The Hall–Kier alpha value is -1.55. The topological polar surface area (TPSA) is 34.2 Å². The third-order valence-electron chi connectivity index (χ3n) is 1.97. The van der Waals surface area contributed by atoms with E-state index in [9.17, 15) is 0 Å². The second kappa shape index (κ2) is 4.31. The van der Waals surface area contributed by atoms with Gasteiger partial charge in [-0.3, -0.25) is 0 Å². The van der Waals surface area contributed by atoms with E-state index in [2.05, 4.69) is 10.3 Å². The molecule has 1 N–H and O–H groups in total. The predicted molar refractivity (Wildman–Crippen MR) is 64.6 cm³/mol. The Labute approximate surface area is 92.4 Å². The Bertz CT molecular complexity index is 490. The maximum atomic E-state index is 5.16. The highest BCUT2D eigenvalue weighted by atomic mass is 32.1. The summed E-state index contributed by atoms with van der Waals surface area (Å²) in [5.41, 5.74) is 0.993. The van der Waals surface area contributed by atoms with Crippen molar-refractivity contribution in [1.82, 2.24) is 4.98 Å². The zero-order chi connectivity index (χ0) is 10.7. The molecule has 0 aliphatic heterocycles. The molecule has 3 nitrogen and oxygen atoms in total. The van der Waals surface area contributed by atoms with Crippen LogP contribution in [0, 0.1) is 0 Å². The first-order chi connectivity index (χ1) is 7.33. The van der Waals surface area contributed by atoms with Gasteiger partial charge in [0, 0.05) is 0 Å². The van der Waals surface area contributed by atoms with Gasteiger partial charge < -0.3 is 10.1 Å². The van der Waals surface area contributed by atoms with Crippen LogP contribution in [0.2, 0.25) is 0 Å². The summed E-state index contributed by atoms with van der Waals surface area (Å²) in [5, 5.41) is 4.01. The Morgan fingerprint density at radius 3 is 3.07 bits per heavy atom. The van der Waals surface area contributed by atoms with Crippen molar-refractivity contribution in [3.05, 3.63) is 30.5 Å². The highest BCUT2D eigenvalue weighted by Crippen LogP contribution is 2.28. The van der Waals surface area contributed by atoms with E-state index < -0.39 is 0 Å². The Morgan fingerprint density at radius 1 is 1.47 bits per heavy atom. The monoisotopic (exact) mass is 220 g/mol. The van der Waals surface area contributed by atoms with Gasteiger partial charge in [-0.05, 0) is 31.3 Å². The number of anilines is 1. The van der Waals surface area contributed by atoms with Gasteiger partial charge in [-0.15, -0.1) is 0 Å². The standard InChI is InChI=1S/C11H12N2OS/c1-3-6-12-11-13-9-5-4-8(14-2)7-10(9)15-11/h3-7H,1-2H3,(H,12,13)/b6-3-. The number of rotatable bonds is 3. The average molecular weight is 220 g/mol. The molecular weight excluding hydrogens is 208 g/mol. The second-order valence-corrected chi connectivity index (χ2v) is 4.03. The Morgan fingerprint density at radius 2 is 2.33 bits per heavy atom. The number of nitrogens with zero attached hydrogens (tertiary/aromatic N) is 1. The van der Waals surface area contributed by atoms with Crippen molar-refractivity contribution in [2.45, 2.75) is 6.92 Å². The number of benzene rings is 1. The van der Waals surface area contributed by atoms with E-state index in [0.717, 1.165) is 21.1 Å². The van der Waals surface area contributed by atoms with Crippen molar-refractivity contribution in [3.63, 3.8) is 0 Å². The van der Waals surface area contributed by atoms with Crippen molar-refractivity contribution in [3.8, 4) is 5.75 Å². The fourth-order valence-electron chi connectivity index (χ4n) is 1.25. The van der Waals surface area contributed by atoms with E-state index in [1.807, 2.05) is 37.4 Å². The minimum atomic E-state index is 0.865. The van der Waals surface area contributed by atoms with Crippen LogP contribution >= 0.6 is 11.3 Å². The quantitative estimate of drug-likeness (QED) is 0.862. The number of aromatic nitrogens is 1. The van der Waals surface area contributed by atoms with Gasteiger partial charge in [0.2, 0.25) is 0 Å². The molecule has 0 fully saturated rings. The molecule has 15 heavy (non-hydrogen) atoms. The predicted octanol–water partition coefficient (Wildman–Crippen LogP) is 3.25. The molecule has 1 aromatic carbocycles. The zero-order valence-electron chi connectivity index (χ0n) is 8.65. The SMILES string of the molecule is C/C=C\Nc1nc2ccc(OC)cc2s1. The minimum absolute atomic E-state index is 0.865. The molecule has 0 radical (unpaired) electrons. The van der Waals surface area contributed by atoms with E-state index in [1.165, 1.54) is 0 Å². The normalized spacial score (nSPS) is 11.1. The second-order valence-electron chi connectivity index (χ2n) is 3.00. The van der Waals surface area contributed by atoms with Crippen molar-refractivity contribution >= 4 is 26.7 Å². The number of fused-ring (bicyclic) bond motifs is 1. The highest BCUT2D eigenvalue weighted by molar-refractivity contribution is 7.22. The van der Waals surface area contributed by atoms with Gasteiger partial charge in [0.15, 0.2) is 5.13 Å². The fourth-order valence-corrected chi connectivity index (χ4v) is 2.12. The van der Waals surface area contributed by atoms with Crippen LogP contribution in [0.4, 0.5) is 5.13 Å². The van der Waals surface area contributed by atoms with Crippen LogP contribution < -0.4 is 10.1 Å². The summed E-state index contributed by atoms with van der Waals surface area (Å²) in [6, 6.07) is 5.88. The van der Waals surface area contributed by atoms with Gasteiger partial charge in [-0.25, -0.2) is 4.98 Å². The molecule has 2 rings (SSSR count). The van der Waals surface area contributed by atoms with Crippen molar-refractivity contribution in [2.24, 2.45) is 0 Å². The molecule has 4 heteroatoms. The van der Waals surface area contributed by atoms with Gasteiger partial charge >= 0.3 is 0 Å². The molecule has 1 heterocycles. The van der Waals surface area contributed by atoms with Gasteiger partial charge in [0.25, 0.3) is 0 Å². The van der Waals surface area contributed by atoms with Crippen LogP contribution in [0.25, 0.3) is 10.2 Å². The maximum absolute atomic E-state index is 5.16. The van der Waals surface area contributed by atoms with E-state index >= 15 is 0 Å². The number of nitrogens with one attached hydrogen (secondary N) is 1. The first-order valence-electron chi connectivity index (χ1n) is 4.66. The maximum Gasteiger partial charge on any atom is 0.187 e. The number of allylic oxidation sites excluding steroid dienone is 1. The van der Waals surface area contributed by atoms with Crippen molar-refractivity contribution in [2.75, 3.05) is 12.4 Å². The molecule has 0 amide bonds. The number of thiazole rings is 1. The molecule has 1 aromatic heterocycles. The summed E-state index contributed by atoms with van der Waals surface area (Å²) < 4.78 is 6.28. The van der Waals surface area contributed by atoms with Crippen LogP contribution in [0.5, 0.6) is 5.75 Å². The summed E-state index contributed by atoms with van der Waals surface area (Å²) in [4.78, 5) is 4.43. The summed E-state index contributed by atoms with van der Waals surface area (Å²) in [5.74, 6) is 0.865. The zero-order valence-corrected chi connectivity index (χ0v) is 9.47. The van der Waals surface area contributed by atoms with E-state index in [1.54, 1.807) is 18.4 Å². The lowest BCUT2D eigenvalue weighted by Gasteiger charge is -1.96. The Balaban J connectivity index is 2.37. The molecule has 0 bridgehead atoms. The van der Waals surface area contributed by atoms with Crippen LogP contribution in [-0.2, 0) is 0 Å². The number of ether oxygens (including phenoxy) is 1. The summed E-state index contributed by atoms with van der Waals surface area (Å²) >= 11 is 1.61. The molecule has 78 valence electrons. The third kappa shape index (κ3) is 2.10. The first-order valence-corrected chi connectivity index (χ1v) is 5.47. The minimum Gasteiger partial charge on any atom is -0.497 e. The largest absolute Gasteiger partial charge is 0.497 e.